The number of pyridine rings is 1. The largest absolute Gasteiger partial charge is 0.507 e. The number of benzene rings is 4. The maximum Gasteiger partial charge on any atom is 0.346 e. The van der Waals surface area contributed by atoms with Crippen LogP contribution in [0.5, 0.6) is 5.75 Å². The highest BCUT2D eigenvalue weighted by Gasteiger charge is 2.22. The Kier molecular flexibility index (Phi) is 15.2. The fourth-order valence-corrected chi connectivity index (χ4v) is 6.31. The first-order valence-electron chi connectivity index (χ1n) is 19.5. The first kappa shape index (κ1) is 44.5. The maximum absolute atomic E-state index is 12.7. The number of aromatic nitrogens is 7. The minimum Gasteiger partial charge on any atom is -0.507 e. The van der Waals surface area contributed by atoms with Crippen LogP contribution < -0.4 is 16.0 Å². The maximum atomic E-state index is 12.7. The fraction of sp³-hybridized carbons (Fsp3) is 0.128. The second-order valence-corrected chi connectivity index (χ2v) is 13.5. The second kappa shape index (κ2) is 21.5. The van der Waals surface area contributed by atoms with E-state index in [1.165, 1.54) is 19.0 Å². The zero-order chi connectivity index (χ0) is 44.7. The number of fused-ring (bicyclic) bond motifs is 1. The summed E-state index contributed by atoms with van der Waals surface area (Å²) in [5, 5.41) is 11.1. The van der Waals surface area contributed by atoms with Gasteiger partial charge in [-0.05, 0) is 26.3 Å². The van der Waals surface area contributed by atoms with Gasteiger partial charge in [0, 0.05) is 16.7 Å². The van der Waals surface area contributed by atoms with Crippen LogP contribution in [0, 0.1) is 6.92 Å². The van der Waals surface area contributed by atoms with E-state index in [9.17, 15) is 24.3 Å². The van der Waals surface area contributed by atoms with Gasteiger partial charge in [-0.2, -0.15) is 0 Å². The van der Waals surface area contributed by atoms with Gasteiger partial charge in [-0.3, -0.25) is 9.59 Å². The predicted molar refractivity (Wildman–Crippen MR) is 237 cm³/mol. The Balaban J connectivity index is 0.000000163. The average molecular weight is 866 g/mol. The van der Waals surface area contributed by atoms with Crippen LogP contribution in [-0.2, 0) is 16.1 Å². The molecule has 8 rings (SSSR count). The number of H-pyrrole nitrogens is 1. The molecular weight excluding hydrogens is 826 g/mol. The molecule has 0 unspecified atom stereocenters. The first-order valence-corrected chi connectivity index (χ1v) is 19.9. The number of carbonyl (C=O) groups is 2. The van der Waals surface area contributed by atoms with Crippen LogP contribution in [0.2, 0.25) is 5.15 Å². The van der Waals surface area contributed by atoms with Crippen molar-refractivity contribution >= 4 is 34.6 Å². The van der Waals surface area contributed by atoms with Gasteiger partial charge in [0.2, 0.25) is 0 Å². The van der Waals surface area contributed by atoms with E-state index in [4.69, 9.17) is 25.9 Å². The van der Waals surface area contributed by atoms with Gasteiger partial charge in [-0.15, -0.1) is 4.73 Å². The molecule has 0 radical (unpaired) electrons. The number of ether oxygens (including phenoxy) is 2. The van der Waals surface area contributed by atoms with Crippen molar-refractivity contribution in [3.05, 3.63) is 188 Å². The fourth-order valence-electron chi connectivity index (χ4n) is 6.10. The summed E-state index contributed by atoms with van der Waals surface area (Å²) >= 11 is 5.96. The van der Waals surface area contributed by atoms with Crippen molar-refractivity contribution in [2.24, 2.45) is 0 Å². The minimum absolute atomic E-state index is 0.0643. The lowest BCUT2D eigenvalue weighted by Crippen LogP contribution is -2.29. The lowest BCUT2D eigenvalue weighted by atomic mass is 10.1. The van der Waals surface area contributed by atoms with Gasteiger partial charge >= 0.3 is 11.9 Å². The Morgan fingerprint density at radius 1 is 0.651 bits per heavy atom. The molecule has 0 atom stereocenters. The van der Waals surface area contributed by atoms with Gasteiger partial charge in [0.1, 0.15) is 35.7 Å². The Morgan fingerprint density at radius 3 is 1.68 bits per heavy atom. The smallest absolute Gasteiger partial charge is 0.346 e. The van der Waals surface area contributed by atoms with Crippen LogP contribution >= 0.6 is 11.6 Å². The zero-order valence-corrected chi connectivity index (χ0v) is 35.0. The van der Waals surface area contributed by atoms with Crippen molar-refractivity contribution in [2.45, 2.75) is 27.4 Å². The van der Waals surface area contributed by atoms with E-state index in [-0.39, 0.29) is 53.1 Å². The molecule has 4 aromatic heterocycles. The van der Waals surface area contributed by atoms with Gasteiger partial charge in [-0.25, -0.2) is 34.5 Å². The third-order valence-corrected chi connectivity index (χ3v) is 9.36. The summed E-state index contributed by atoms with van der Waals surface area (Å²) in [6, 6.07) is 37.3. The van der Waals surface area contributed by atoms with E-state index in [2.05, 4.69) is 29.9 Å². The molecule has 0 aliphatic carbocycles. The van der Waals surface area contributed by atoms with Gasteiger partial charge < -0.3 is 24.4 Å². The number of hydrogen-bond acceptors (Lipinski definition) is 13. The molecule has 8 aromatic rings. The molecule has 0 spiro atoms. The van der Waals surface area contributed by atoms with Gasteiger partial charge in [0.05, 0.1) is 47.6 Å². The van der Waals surface area contributed by atoms with Gasteiger partial charge in [0.25, 0.3) is 11.1 Å². The van der Waals surface area contributed by atoms with Crippen molar-refractivity contribution in [3.63, 3.8) is 0 Å². The molecule has 318 valence electrons. The molecular formula is C47H40ClN7O8. The number of hydrogen-bond donors (Lipinski definition) is 2. The topological polar surface area (TPSA) is 201 Å². The van der Waals surface area contributed by atoms with Crippen molar-refractivity contribution in [1.29, 1.82) is 0 Å². The highest BCUT2D eigenvalue weighted by atomic mass is 35.5. The van der Waals surface area contributed by atoms with E-state index < -0.39 is 23.1 Å². The molecule has 15 nitrogen and oxygen atoms in total. The molecule has 0 amide bonds. The number of nitrogens with one attached hydrogen (secondary N) is 1. The molecule has 2 N–H and O–H groups in total. The van der Waals surface area contributed by atoms with Crippen LogP contribution in [-0.4, -0.2) is 64.9 Å². The van der Waals surface area contributed by atoms with Crippen LogP contribution in [0.4, 0.5) is 0 Å². The zero-order valence-electron chi connectivity index (χ0n) is 34.3. The monoisotopic (exact) mass is 865 g/mol. The number of halogens is 1. The number of nitrogens with zero attached hydrogens (tertiary/aromatic N) is 6. The summed E-state index contributed by atoms with van der Waals surface area (Å²) in [4.78, 5) is 76.8. The van der Waals surface area contributed by atoms with E-state index in [1.54, 1.807) is 32.9 Å². The van der Waals surface area contributed by atoms with E-state index in [0.29, 0.717) is 28.0 Å². The Bertz CT molecular complexity index is 2940. The quantitative estimate of drug-likeness (QED) is 0.100. The van der Waals surface area contributed by atoms with Crippen LogP contribution in [0.1, 0.15) is 45.7 Å². The standard InChI is InChI=1S/C21H17N3O3.C13H11ClN2O2.C13H12N2O3/c1-14-19(25)17-18(16-10-6-3-7-11-16)22-13-23-20(17)24(21(14)26)27-12-15-8-4-2-5-9-15;1-2-18-13(17)10-11(15-8-16-12(10)14)9-6-4-3-5-7-9;1-2-18-13(17)10-11(14-8-15-12(10)16)9-6-4-3-5-7-9/h2-11,13,25H,12H2,1H3;3-8H,2H2,1H3;3-8H,2H2,1H3,(H,14,15,16). The summed E-state index contributed by atoms with van der Waals surface area (Å²) in [6.07, 6.45) is 3.96. The summed E-state index contributed by atoms with van der Waals surface area (Å²) in [5.41, 5.74) is 4.18. The summed E-state index contributed by atoms with van der Waals surface area (Å²) < 4.78 is 11.0. The average Bonchev–Trinajstić information content (AvgIpc) is 3.32. The third kappa shape index (κ3) is 10.6. The summed E-state index contributed by atoms with van der Waals surface area (Å²) in [6.45, 7) is 5.66. The van der Waals surface area contributed by atoms with Crippen LogP contribution in [0.15, 0.2) is 150 Å². The highest BCUT2D eigenvalue weighted by Crippen LogP contribution is 2.33. The van der Waals surface area contributed by atoms with E-state index in [0.717, 1.165) is 21.4 Å². The predicted octanol–water partition coefficient (Wildman–Crippen LogP) is 7.69. The second-order valence-electron chi connectivity index (χ2n) is 13.1. The van der Waals surface area contributed by atoms with Gasteiger partial charge in [0.15, 0.2) is 11.2 Å². The number of esters is 2. The SMILES string of the molecule is CCOC(=O)c1c(-c2ccccc2)nc[nH]c1=O.CCOC(=O)c1c(Cl)ncnc1-c1ccccc1.Cc1c(O)c2c(-c3ccccc3)ncnc2n(OCc2ccccc2)c1=O. The lowest BCUT2D eigenvalue weighted by Gasteiger charge is -2.15. The Labute approximate surface area is 365 Å². The van der Waals surface area contributed by atoms with Crippen molar-refractivity contribution in [2.75, 3.05) is 13.2 Å². The van der Waals surface area contributed by atoms with Crippen LogP contribution in [0.3, 0.4) is 0 Å². The van der Waals surface area contributed by atoms with Crippen molar-refractivity contribution in [3.8, 4) is 39.5 Å². The normalized spacial score (nSPS) is 10.4. The van der Waals surface area contributed by atoms with Crippen LogP contribution in [0.25, 0.3) is 44.8 Å². The molecule has 0 saturated heterocycles. The third-order valence-electron chi connectivity index (χ3n) is 9.07. The minimum atomic E-state index is -0.661. The molecule has 0 saturated carbocycles. The van der Waals surface area contributed by atoms with E-state index in [1.807, 2.05) is 109 Å². The number of rotatable bonds is 10. The number of carbonyl (C=O) groups excluding carboxylic acids is 2. The molecule has 0 bridgehead atoms. The highest BCUT2D eigenvalue weighted by molar-refractivity contribution is 6.33. The molecule has 63 heavy (non-hydrogen) atoms. The Morgan fingerprint density at radius 2 is 1.13 bits per heavy atom. The Hall–Kier alpha value is -8.04. The molecule has 0 aliphatic heterocycles. The summed E-state index contributed by atoms with van der Waals surface area (Å²) in [7, 11) is 0. The van der Waals surface area contributed by atoms with E-state index >= 15 is 0 Å². The lowest BCUT2D eigenvalue weighted by molar-refractivity contribution is 0.0516. The molecule has 4 aromatic carbocycles. The number of aromatic hydroxyl groups is 1. The molecule has 16 heteroatoms. The number of aromatic amines is 1. The van der Waals surface area contributed by atoms with Crippen molar-refractivity contribution in [1.82, 2.24) is 34.6 Å². The molecule has 4 heterocycles. The first-order chi connectivity index (χ1) is 30.6. The van der Waals surface area contributed by atoms with Gasteiger partial charge in [-0.1, -0.05) is 133 Å². The molecule has 0 fully saturated rings. The summed E-state index contributed by atoms with van der Waals surface area (Å²) in [5.74, 6) is -1.30. The molecule has 0 aliphatic rings. The van der Waals surface area contributed by atoms with Crippen molar-refractivity contribution < 1.29 is 29.0 Å².